The van der Waals surface area contributed by atoms with Crippen LogP contribution < -0.4 is 10.6 Å². The lowest BCUT2D eigenvalue weighted by Gasteiger charge is -2.24. The van der Waals surface area contributed by atoms with Gasteiger partial charge in [0.25, 0.3) is 5.69 Å². The number of nitro benzene ring substituents is 1. The number of carbonyl (C=O) groups excluding carboxylic acids is 1. The van der Waals surface area contributed by atoms with Crippen LogP contribution in [0.2, 0.25) is 0 Å². The van der Waals surface area contributed by atoms with E-state index in [1.807, 2.05) is 0 Å². The van der Waals surface area contributed by atoms with Crippen LogP contribution in [0.15, 0.2) is 18.2 Å². The molecule has 0 spiro atoms. The molecule has 1 atom stereocenters. The lowest BCUT2D eigenvalue weighted by molar-refractivity contribution is -0.384. The van der Waals surface area contributed by atoms with Crippen LogP contribution in [0.25, 0.3) is 0 Å². The Balaban J connectivity index is 2.30. The maximum absolute atomic E-state index is 11.2. The van der Waals surface area contributed by atoms with E-state index >= 15 is 0 Å². The second kappa shape index (κ2) is 5.55. The van der Waals surface area contributed by atoms with Gasteiger partial charge in [-0.15, -0.1) is 0 Å². The molecule has 0 radical (unpaired) electrons. The van der Waals surface area contributed by atoms with E-state index in [-0.39, 0.29) is 28.9 Å². The first kappa shape index (κ1) is 13.8. The van der Waals surface area contributed by atoms with E-state index in [1.54, 1.807) is 0 Å². The molecule has 20 heavy (non-hydrogen) atoms. The van der Waals surface area contributed by atoms with Crippen molar-refractivity contribution in [1.82, 2.24) is 5.32 Å². The number of nitrogens with zero attached hydrogens (tertiary/aromatic N) is 1. The van der Waals surface area contributed by atoms with E-state index in [0.29, 0.717) is 19.4 Å². The minimum absolute atomic E-state index is 0.0221. The number of para-hydroxylation sites is 1. The van der Waals surface area contributed by atoms with E-state index in [1.165, 1.54) is 18.2 Å². The third-order valence-electron chi connectivity index (χ3n) is 3.08. The second-order valence-electron chi connectivity index (χ2n) is 4.45. The fraction of sp³-hybridized carbons (Fsp3) is 0.333. The average molecular weight is 279 g/mol. The first-order valence-electron chi connectivity index (χ1n) is 6.03. The average Bonchev–Trinajstić information content (AvgIpc) is 2.41. The highest BCUT2D eigenvalue weighted by Crippen LogP contribution is 2.29. The van der Waals surface area contributed by atoms with Crippen LogP contribution in [0, 0.1) is 10.1 Å². The van der Waals surface area contributed by atoms with Gasteiger partial charge in [0.05, 0.1) is 10.5 Å². The molecular formula is C12H13N3O5. The molecule has 1 saturated heterocycles. The van der Waals surface area contributed by atoms with Crippen LogP contribution in [0.5, 0.6) is 0 Å². The van der Waals surface area contributed by atoms with Gasteiger partial charge in [-0.1, -0.05) is 6.07 Å². The lowest BCUT2D eigenvalue weighted by atomic mass is 10.0. The molecule has 1 aliphatic rings. The number of hydrogen-bond donors (Lipinski definition) is 3. The summed E-state index contributed by atoms with van der Waals surface area (Å²) in [4.78, 5) is 32.6. The molecule has 1 aromatic carbocycles. The number of aromatic carboxylic acids is 1. The van der Waals surface area contributed by atoms with Gasteiger partial charge in [-0.25, -0.2) is 4.79 Å². The van der Waals surface area contributed by atoms with Crippen molar-refractivity contribution in [3.8, 4) is 0 Å². The van der Waals surface area contributed by atoms with Gasteiger partial charge >= 0.3 is 5.97 Å². The van der Waals surface area contributed by atoms with Gasteiger partial charge in [-0.3, -0.25) is 14.9 Å². The number of benzene rings is 1. The lowest BCUT2D eigenvalue weighted by Crippen LogP contribution is -2.42. The molecule has 0 aliphatic carbocycles. The molecular weight excluding hydrogens is 266 g/mol. The Morgan fingerprint density at radius 2 is 2.25 bits per heavy atom. The van der Waals surface area contributed by atoms with E-state index < -0.39 is 10.9 Å². The first-order valence-corrected chi connectivity index (χ1v) is 6.03. The van der Waals surface area contributed by atoms with Gasteiger partial charge < -0.3 is 15.7 Å². The van der Waals surface area contributed by atoms with Crippen molar-refractivity contribution in [2.45, 2.75) is 18.9 Å². The number of nitro groups is 1. The van der Waals surface area contributed by atoms with Gasteiger partial charge in [0, 0.05) is 25.1 Å². The predicted molar refractivity (Wildman–Crippen MR) is 69.7 cm³/mol. The molecule has 1 amide bonds. The van der Waals surface area contributed by atoms with E-state index in [4.69, 9.17) is 5.11 Å². The molecule has 3 N–H and O–H groups in total. The highest BCUT2D eigenvalue weighted by atomic mass is 16.6. The Kier molecular flexibility index (Phi) is 3.83. The molecule has 0 bridgehead atoms. The molecule has 8 heteroatoms. The summed E-state index contributed by atoms with van der Waals surface area (Å²) in [5.74, 6) is -1.32. The van der Waals surface area contributed by atoms with Gasteiger partial charge in [0.2, 0.25) is 5.91 Å². The fourth-order valence-corrected chi connectivity index (χ4v) is 2.08. The molecule has 1 aromatic rings. The minimum atomic E-state index is -1.24. The second-order valence-corrected chi connectivity index (χ2v) is 4.45. The van der Waals surface area contributed by atoms with Crippen LogP contribution in [0.4, 0.5) is 11.4 Å². The zero-order valence-electron chi connectivity index (χ0n) is 10.5. The van der Waals surface area contributed by atoms with Gasteiger partial charge in [0.1, 0.15) is 5.69 Å². The van der Waals surface area contributed by atoms with Crippen molar-refractivity contribution in [3.63, 3.8) is 0 Å². The summed E-state index contributed by atoms with van der Waals surface area (Å²) in [5.41, 5.74) is -0.468. The van der Waals surface area contributed by atoms with Crippen LogP contribution in [0.3, 0.4) is 0 Å². The maximum atomic E-state index is 11.2. The molecule has 0 aromatic heterocycles. The normalized spacial score (nSPS) is 18.2. The SMILES string of the molecule is O=C1CCC(Nc2c(C(=O)O)cccc2[N+](=O)[O-])CN1. The molecule has 1 unspecified atom stereocenters. The zero-order chi connectivity index (χ0) is 14.7. The number of anilines is 1. The molecule has 1 fully saturated rings. The monoisotopic (exact) mass is 279 g/mol. The summed E-state index contributed by atoms with van der Waals surface area (Å²) in [6.07, 6.45) is 0.803. The van der Waals surface area contributed by atoms with Crippen LogP contribution in [0.1, 0.15) is 23.2 Å². The Morgan fingerprint density at radius 1 is 1.50 bits per heavy atom. The molecule has 2 rings (SSSR count). The zero-order valence-corrected chi connectivity index (χ0v) is 10.5. The summed E-state index contributed by atoms with van der Waals surface area (Å²) >= 11 is 0. The minimum Gasteiger partial charge on any atom is -0.478 e. The predicted octanol–water partition coefficient (Wildman–Crippen LogP) is 0.983. The summed E-state index contributed by atoms with van der Waals surface area (Å²) in [6, 6.07) is 3.65. The van der Waals surface area contributed by atoms with E-state index in [0.717, 1.165) is 0 Å². The molecule has 1 aliphatic heterocycles. The smallest absolute Gasteiger partial charge is 0.338 e. The number of nitrogens with one attached hydrogen (secondary N) is 2. The number of carbonyl (C=O) groups is 2. The molecule has 106 valence electrons. The third kappa shape index (κ3) is 2.85. The van der Waals surface area contributed by atoms with Crippen LogP contribution in [-0.2, 0) is 4.79 Å². The number of rotatable bonds is 4. The number of carboxylic acids is 1. The highest BCUT2D eigenvalue weighted by Gasteiger charge is 2.25. The van der Waals surface area contributed by atoms with Crippen molar-refractivity contribution in [2.24, 2.45) is 0 Å². The summed E-state index contributed by atoms with van der Waals surface area (Å²) < 4.78 is 0. The van der Waals surface area contributed by atoms with Crippen molar-refractivity contribution in [3.05, 3.63) is 33.9 Å². The van der Waals surface area contributed by atoms with E-state index in [2.05, 4.69) is 10.6 Å². The fourth-order valence-electron chi connectivity index (χ4n) is 2.08. The Morgan fingerprint density at radius 3 is 2.80 bits per heavy atom. The van der Waals surface area contributed by atoms with Crippen LogP contribution in [-0.4, -0.2) is 34.5 Å². The molecule has 8 nitrogen and oxygen atoms in total. The standard InChI is InChI=1S/C12H13N3O5/c16-10-5-4-7(6-13-10)14-11-8(12(17)18)2-1-3-9(11)15(19)20/h1-3,7,14H,4-6H2,(H,13,16)(H,17,18). The number of carboxylic acid groups (broad SMARTS) is 1. The number of amides is 1. The number of hydrogen-bond acceptors (Lipinski definition) is 5. The maximum Gasteiger partial charge on any atom is 0.338 e. The molecule has 1 heterocycles. The largest absolute Gasteiger partial charge is 0.478 e. The Labute approximate surface area is 113 Å². The quantitative estimate of drug-likeness (QED) is 0.558. The highest BCUT2D eigenvalue weighted by molar-refractivity contribution is 5.97. The Hall–Kier alpha value is -2.64. The van der Waals surface area contributed by atoms with Crippen molar-refractivity contribution in [1.29, 1.82) is 0 Å². The summed E-state index contributed by atoms with van der Waals surface area (Å²) in [7, 11) is 0. The first-order chi connectivity index (χ1) is 9.49. The van der Waals surface area contributed by atoms with Gasteiger partial charge in [-0.2, -0.15) is 0 Å². The van der Waals surface area contributed by atoms with Gasteiger partial charge in [-0.05, 0) is 12.5 Å². The molecule has 0 saturated carbocycles. The van der Waals surface area contributed by atoms with Crippen molar-refractivity contribution in [2.75, 3.05) is 11.9 Å². The van der Waals surface area contributed by atoms with Gasteiger partial charge in [0.15, 0.2) is 0 Å². The summed E-state index contributed by atoms with van der Waals surface area (Å²) in [5, 5.41) is 25.6. The number of piperidine rings is 1. The Bertz CT molecular complexity index is 530. The third-order valence-corrected chi connectivity index (χ3v) is 3.08. The van der Waals surface area contributed by atoms with E-state index in [9.17, 15) is 19.7 Å². The van der Waals surface area contributed by atoms with Crippen LogP contribution >= 0.6 is 0 Å². The topological polar surface area (TPSA) is 122 Å². The van der Waals surface area contributed by atoms with Crippen molar-refractivity contribution >= 4 is 23.3 Å². The van der Waals surface area contributed by atoms with Crippen molar-refractivity contribution < 1.29 is 19.6 Å². The summed E-state index contributed by atoms with van der Waals surface area (Å²) in [6.45, 7) is 0.309.